The van der Waals surface area contributed by atoms with Crippen molar-refractivity contribution in [2.24, 2.45) is 0 Å². The number of esters is 2. The summed E-state index contributed by atoms with van der Waals surface area (Å²) in [6.07, 6.45) is 2.52. The highest BCUT2D eigenvalue weighted by Crippen LogP contribution is 2.44. The van der Waals surface area contributed by atoms with Gasteiger partial charge in [0.15, 0.2) is 11.6 Å². The number of carbonyl (C=O) groups is 4. The molecule has 1 aliphatic heterocycles. The van der Waals surface area contributed by atoms with Gasteiger partial charge in [-0.1, -0.05) is 11.6 Å². The van der Waals surface area contributed by atoms with Gasteiger partial charge in [-0.15, -0.1) is 0 Å². The maximum absolute atomic E-state index is 16.2. The fourth-order valence-corrected chi connectivity index (χ4v) is 8.39. The Morgan fingerprint density at radius 2 is 1.52 bits per heavy atom. The molecule has 3 heterocycles. The Hall–Kier alpha value is -6.17. The van der Waals surface area contributed by atoms with Crippen molar-refractivity contribution < 1.29 is 56.7 Å². The van der Waals surface area contributed by atoms with E-state index in [1.807, 2.05) is 6.92 Å². The van der Waals surface area contributed by atoms with Crippen LogP contribution < -0.4 is 19.8 Å². The SMILES string of the molecule is COc1ccc2c(c1)c(CC(=O)OCCOCCOCCOC(=O)c1cn(C3CC3)c3c(OC)c(N4CCN(C(=O)OC(C)(C)C)C(C)C4)c(F)cc3c1=O)c(C)n2C(=O)c1ccc(Cl)cc1. The first-order chi connectivity index (χ1) is 32.0. The Morgan fingerprint density at radius 1 is 0.851 bits per heavy atom. The summed E-state index contributed by atoms with van der Waals surface area (Å²) in [6.45, 7) is 10.2. The molecule has 18 heteroatoms. The number of carbonyl (C=O) groups excluding carboxylic acids is 4. The Kier molecular flexibility index (Phi) is 15.1. The average Bonchev–Trinajstić information content (AvgIpc) is 4.10. The third kappa shape index (κ3) is 11.0. The van der Waals surface area contributed by atoms with Gasteiger partial charge in [0.2, 0.25) is 5.43 Å². The van der Waals surface area contributed by atoms with Crippen LogP contribution in [0.3, 0.4) is 0 Å². The number of fused-ring (bicyclic) bond motifs is 2. The lowest BCUT2D eigenvalue weighted by Gasteiger charge is -2.41. The van der Waals surface area contributed by atoms with E-state index >= 15 is 4.39 Å². The highest BCUT2D eigenvalue weighted by Gasteiger charge is 2.36. The van der Waals surface area contributed by atoms with Crippen LogP contribution in [0.4, 0.5) is 14.9 Å². The lowest BCUT2D eigenvalue weighted by Crippen LogP contribution is -2.55. The van der Waals surface area contributed by atoms with Gasteiger partial charge in [-0.05, 0) is 102 Å². The van der Waals surface area contributed by atoms with Gasteiger partial charge in [-0.25, -0.2) is 14.0 Å². The molecule has 0 spiro atoms. The highest BCUT2D eigenvalue weighted by molar-refractivity contribution is 6.30. The molecule has 2 aliphatic rings. The van der Waals surface area contributed by atoms with Gasteiger partial charge in [0.05, 0.1) is 63.5 Å². The average molecular weight is 947 g/mol. The van der Waals surface area contributed by atoms with Gasteiger partial charge in [-0.3, -0.25) is 19.0 Å². The number of hydrogen-bond donors (Lipinski definition) is 0. The van der Waals surface area contributed by atoms with Crippen molar-refractivity contribution >= 4 is 63.0 Å². The van der Waals surface area contributed by atoms with E-state index in [-0.39, 0.29) is 93.0 Å². The largest absolute Gasteiger partial charge is 0.497 e. The minimum Gasteiger partial charge on any atom is -0.497 e. The van der Waals surface area contributed by atoms with Crippen LogP contribution in [-0.2, 0) is 34.9 Å². The van der Waals surface area contributed by atoms with Crippen molar-refractivity contribution in [2.75, 3.05) is 78.4 Å². The van der Waals surface area contributed by atoms with Crippen LogP contribution in [0.15, 0.2) is 59.5 Å². The molecule has 2 fully saturated rings. The van der Waals surface area contributed by atoms with E-state index in [2.05, 4.69) is 0 Å². The first kappa shape index (κ1) is 48.8. The lowest BCUT2D eigenvalue weighted by molar-refractivity contribution is -0.144. The topological polar surface area (TPSA) is 166 Å². The normalized spacial score (nSPS) is 15.2. The number of amides is 1. The molecular weight excluding hydrogens is 891 g/mol. The summed E-state index contributed by atoms with van der Waals surface area (Å²) in [5.41, 5.74) is 1.26. The molecular formula is C49H56ClFN4O12. The maximum atomic E-state index is 16.2. The van der Waals surface area contributed by atoms with E-state index in [1.54, 1.807) is 96.2 Å². The predicted molar refractivity (Wildman–Crippen MR) is 249 cm³/mol. The minimum absolute atomic E-state index is 0.0101. The van der Waals surface area contributed by atoms with Gasteiger partial charge in [0.1, 0.15) is 35.8 Å². The number of nitrogens with zero attached hydrogens (tertiary/aromatic N) is 4. The van der Waals surface area contributed by atoms with Crippen molar-refractivity contribution in [1.82, 2.24) is 14.0 Å². The molecule has 16 nitrogen and oxygen atoms in total. The van der Waals surface area contributed by atoms with Crippen molar-refractivity contribution in [3.63, 3.8) is 0 Å². The lowest BCUT2D eigenvalue weighted by atomic mass is 10.1. The van der Waals surface area contributed by atoms with Gasteiger partial charge in [-0.2, -0.15) is 0 Å². The third-order valence-electron chi connectivity index (χ3n) is 11.6. The summed E-state index contributed by atoms with van der Waals surface area (Å²) < 4.78 is 58.3. The molecule has 1 amide bonds. The zero-order valence-electron chi connectivity index (χ0n) is 38.8. The Morgan fingerprint density at radius 3 is 2.15 bits per heavy atom. The molecule has 358 valence electrons. The molecule has 1 aliphatic carbocycles. The Balaban J connectivity index is 0.887. The van der Waals surface area contributed by atoms with Crippen molar-refractivity contribution in [3.05, 3.63) is 98.2 Å². The van der Waals surface area contributed by atoms with Crippen LogP contribution in [-0.4, -0.2) is 123 Å². The molecule has 5 aromatic rings. The van der Waals surface area contributed by atoms with Crippen LogP contribution in [0.1, 0.15) is 78.6 Å². The van der Waals surface area contributed by atoms with Crippen molar-refractivity contribution in [1.29, 1.82) is 0 Å². The summed E-state index contributed by atoms with van der Waals surface area (Å²) in [4.78, 5) is 70.0. The summed E-state index contributed by atoms with van der Waals surface area (Å²) in [5.74, 6) is -1.59. The number of aromatic nitrogens is 2. The van der Waals surface area contributed by atoms with E-state index in [0.29, 0.717) is 57.1 Å². The number of methoxy groups -OCH3 is 2. The number of piperazine rings is 1. The second-order valence-corrected chi connectivity index (χ2v) is 17.9. The van der Waals surface area contributed by atoms with Crippen molar-refractivity contribution in [3.8, 4) is 11.5 Å². The summed E-state index contributed by atoms with van der Waals surface area (Å²) in [7, 11) is 2.96. The molecule has 1 saturated heterocycles. The van der Waals surface area contributed by atoms with E-state index in [1.165, 1.54) is 13.3 Å². The quantitative estimate of drug-likeness (QED) is 0.0511. The monoisotopic (exact) mass is 946 g/mol. The zero-order chi connectivity index (χ0) is 48.2. The van der Waals surface area contributed by atoms with Crippen LogP contribution in [0.5, 0.6) is 11.5 Å². The standard InChI is InChI=1S/C49H56ClFN4O12/c1-29-27-52(16-17-53(29)48(60)67-49(3,4)5)43-39(51)25-37-42(45(43)62-7)54(33-12-13-33)28-38(44(37)57)47(59)66-23-21-64-19-18-63-20-22-65-41(56)26-35-30(2)55(40-15-14-34(61-6)24-36(35)40)46(58)31-8-10-32(50)11-9-31/h8-11,14-15,24-25,28-29,33H,12-13,16-23,26-27H2,1-7H3. The van der Waals surface area contributed by atoms with Crippen LogP contribution in [0, 0.1) is 12.7 Å². The maximum Gasteiger partial charge on any atom is 0.410 e. The number of pyridine rings is 1. The van der Waals surface area contributed by atoms with Crippen LogP contribution in [0.2, 0.25) is 5.02 Å². The molecule has 1 unspecified atom stereocenters. The number of hydrogen-bond acceptors (Lipinski definition) is 13. The number of ether oxygens (including phenoxy) is 7. The summed E-state index contributed by atoms with van der Waals surface area (Å²) >= 11 is 6.04. The molecule has 0 N–H and O–H groups in total. The first-order valence-corrected chi connectivity index (χ1v) is 22.5. The highest BCUT2D eigenvalue weighted by atomic mass is 35.5. The Labute approximate surface area is 392 Å². The molecule has 0 radical (unpaired) electrons. The van der Waals surface area contributed by atoms with E-state index < -0.39 is 34.9 Å². The molecule has 3 aromatic carbocycles. The van der Waals surface area contributed by atoms with Crippen LogP contribution >= 0.6 is 11.6 Å². The smallest absolute Gasteiger partial charge is 0.410 e. The molecule has 67 heavy (non-hydrogen) atoms. The molecule has 0 bridgehead atoms. The number of rotatable bonds is 17. The van der Waals surface area contributed by atoms with Gasteiger partial charge >= 0.3 is 18.0 Å². The second kappa shape index (κ2) is 20.8. The minimum atomic E-state index is -0.870. The van der Waals surface area contributed by atoms with E-state index in [4.69, 9.17) is 44.8 Å². The van der Waals surface area contributed by atoms with Crippen molar-refractivity contribution in [2.45, 2.75) is 71.6 Å². The number of anilines is 1. The Bertz CT molecular complexity index is 2730. The second-order valence-electron chi connectivity index (χ2n) is 17.5. The summed E-state index contributed by atoms with van der Waals surface area (Å²) in [6, 6.07) is 12.7. The van der Waals surface area contributed by atoms with E-state index in [0.717, 1.165) is 18.9 Å². The molecule has 2 aromatic heterocycles. The number of benzene rings is 3. The van der Waals surface area contributed by atoms with Crippen LogP contribution in [0.25, 0.3) is 21.8 Å². The van der Waals surface area contributed by atoms with Gasteiger partial charge in [0, 0.05) is 59.6 Å². The molecule has 1 atom stereocenters. The predicted octanol–water partition coefficient (Wildman–Crippen LogP) is 7.52. The third-order valence-corrected chi connectivity index (χ3v) is 11.9. The molecule has 1 saturated carbocycles. The number of halogens is 2. The summed E-state index contributed by atoms with van der Waals surface area (Å²) in [5, 5.41) is 1.19. The fourth-order valence-electron chi connectivity index (χ4n) is 8.27. The van der Waals surface area contributed by atoms with E-state index in [9.17, 15) is 24.0 Å². The van der Waals surface area contributed by atoms with Gasteiger partial charge < -0.3 is 47.5 Å². The zero-order valence-corrected chi connectivity index (χ0v) is 39.5. The molecule has 7 rings (SSSR count). The van der Waals surface area contributed by atoms with Gasteiger partial charge in [0.25, 0.3) is 5.91 Å². The first-order valence-electron chi connectivity index (χ1n) is 22.2. The fraction of sp³-hybridized carbons (Fsp3) is 0.449.